The first-order valence-corrected chi connectivity index (χ1v) is 5.96. The molecule has 3 heteroatoms. The van der Waals surface area contributed by atoms with E-state index in [0.29, 0.717) is 5.56 Å². The highest BCUT2D eigenvalue weighted by molar-refractivity contribution is 6.07. The first kappa shape index (κ1) is 13.0. The molecular formula is C16H14O3. The average molecular weight is 254 g/mol. The molecule has 0 N–H and O–H groups in total. The van der Waals surface area contributed by atoms with Crippen molar-refractivity contribution >= 4 is 11.9 Å². The van der Waals surface area contributed by atoms with Gasteiger partial charge in [-0.2, -0.15) is 0 Å². The molecule has 2 aromatic rings. The van der Waals surface area contributed by atoms with Gasteiger partial charge in [0.2, 0.25) is 0 Å². The summed E-state index contributed by atoms with van der Waals surface area (Å²) in [7, 11) is 0. The Morgan fingerprint density at radius 3 is 2.53 bits per heavy atom. The summed E-state index contributed by atoms with van der Waals surface area (Å²) in [6.07, 6.45) is 4.45. The number of carbonyl (C=O) groups is 1. The summed E-state index contributed by atoms with van der Waals surface area (Å²) in [5.74, 6) is -0.334. The maximum atomic E-state index is 12.1. The molecule has 2 rings (SSSR count). The lowest BCUT2D eigenvalue weighted by atomic mass is 10.0. The van der Waals surface area contributed by atoms with Crippen LogP contribution in [0, 0.1) is 13.8 Å². The molecule has 3 nitrogen and oxygen atoms in total. The van der Waals surface area contributed by atoms with Crippen molar-refractivity contribution < 1.29 is 9.21 Å². The van der Waals surface area contributed by atoms with Crippen LogP contribution in [0.1, 0.15) is 27.0 Å². The smallest absolute Gasteiger partial charge is 0.347 e. The van der Waals surface area contributed by atoms with Crippen LogP contribution in [-0.4, -0.2) is 5.78 Å². The van der Waals surface area contributed by atoms with Crippen LogP contribution in [0.2, 0.25) is 0 Å². The molecule has 0 aliphatic heterocycles. The minimum Gasteiger partial charge on any atom is -0.430 e. The predicted octanol–water partition coefficient (Wildman–Crippen LogP) is 3.15. The molecule has 1 heterocycles. The van der Waals surface area contributed by atoms with E-state index in [1.54, 1.807) is 19.9 Å². The van der Waals surface area contributed by atoms with Gasteiger partial charge in [-0.05, 0) is 36.6 Å². The van der Waals surface area contributed by atoms with Crippen LogP contribution in [0.25, 0.3) is 6.08 Å². The van der Waals surface area contributed by atoms with Crippen LogP contribution in [0.3, 0.4) is 0 Å². The lowest BCUT2D eigenvalue weighted by Gasteiger charge is -2.02. The fourth-order valence-corrected chi connectivity index (χ4v) is 1.74. The number of ketones is 1. The van der Waals surface area contributed by atoms with Crippen molar-refractivity contribution in [2.75, 3.05) is 0 Å². The van der Waals surface area contributed by atoms with Crippen LogP contribution >= 0.6 is 0 Å². The summed E-state index contributed by atoms with van der Waals surface area (Å²) in [6.45, 7) is 3.55. The third-order valence-electron chi connectivity index (χ3n) is 2.99. The van der Waals surface area contributed by atoms with E-state index < -0.39 is 5.63 Å². The van der Waals surface area contributed by atoms with E-state index >= 15 is 0 Å². The zero-order chi connectivity index (χ0) is 13.8. The lowest BCUT2D eigenvalue weighted by molar-refractivity contribution is 0.104. The Labute approximate surface area is 111 Å². The van der Waals surface area contributed by atoms with Crippen molar-refractivity contribution in [1.29, 1.82) is 0 Å². The SMILES string of the molecule is Cc1coc(=O)c(C(=O)/C=C/c2ccccc2)c1C. The quantitative estimate of drug-likeness (QED) is 0.624. The van der Waals surface area contributed by atoms with Crippen molar-refractivity contribution in [3.63, 3.8) is 0 Å². The number of rotatable bonds is 3. The summed E-state index contributed by atoms with van der Waals surface area (Å²) in [5, 5.41) is 0. The van der Waals surface area contributed by atoms with Crippen molar-refractivity contribution in [3.8, 4) is 0 Å². The molecule has 0 saturated heterocycles. The summed E-state index contributed by atoms with van der Waals surface area (Å²) >= 11 is 0. The number of hydrogen-bond donors (Lipinski definition) is 0. The largest absolute Gasteiger partial charge is 0.430 e. The Morgan fingerprint density at radius 2 is 1.84 bits per heavy atom. The lowest BCUT2D eigenvalue weighted by Crippen LogP contribution is -2.15. The van der Waals surface area contributed by atoms with Gasteiger partial charge in [0, 0.05) is 0 Å². The second-order valence-corrected chi connectivity index (χ2v) is 4.31. The molecule has 0 fully saturated rings. The van der Waals surface area contributed by atoms with E-state index in [2.05, 4.69) is 0 Å². The standard InChI is InChI=1S/C16H14O3/c1-11-10-19-16(18)15(12(11)2)14(17)9-8-13-6-4-3-5-7-13/h3-10H,1-2H3/b9-8+. The van der Waals surface area contributed by atoms with E-state index in [0.717, 1.165) is 11.1 Å². The maximum Gasteiger partial charge on any atom is 0.347 e. The van der Waals surface area contributed by atoms with E-state index in [1.165, 1.54) is 12.3 Å². The van der Waals surface area contributed by atoms with Gasteiger partial charge in [-0.25, -0.2) is 4.79 Å². The first-order chi connectivity index (χ1) is 9.09. The van der Waals surface area contributed by atoms with Crippen molar-refractivity contribution in [2.45, 2.75) is 13.8 Å². The molecule has 0 atom stereocenters. The maximum absolute atomic E-state index is 12.1. The minimum absolute atomic E-state index is 0.104. The van der Waals surface area contributed by atoms with Crippen LogP contribution in [0.5, 0.6) is 0 Å². The zero-order valence-electron chi connectivity index (χ0n) is 10.8. The molecule has 96 valence electrons. The third kappa shape index (κ3) is 2.88. The highest BCUT2D eigenvalue weighted by Crippen LogP contribution is 2.11. The first-order valence-electron chi connectivity index (χ1n) is 5.96. The summed E-state index contributed by atoms with van der Waals surface area (Å²) in [5.41, 5.74) is 1.87. The Kier molecular flexibility index (Phi) is 3.76. The Balaban J connectivity index is 2.34. The van der Waals surface area contributed by atoms with Gasteiger partial charge in [-0.1, -0.05) is 36.4 Å². The Bertz CT molecular complexity index is 679. The minimum atomic E-state index is -0.592. The second-order valence-electron chi connectivity index (χ2n) is 4.31. The molecule has 0 unspecified atom stereocenters. The van der Waals surface area contributed by atoms with Gasteiger partial charge >= 0.3 is 5.63 Å². The number of aryl methyl sites for hydroxylation is 1. The number of hydrogen-bond acceptors (Lipinski definition) is 3. The highest BCUT2D eigenvalue weighted by atomic mass is 16.4. The van der Waals surface area contributed by atoms with E-state index in [4.69, 9.17) is 4.42 Å². The normalized spacial score (nSPS) is 10.8. The number of carbonyl (C=O) groups excluding carboxylic acids is 1. The Hall–Kier alpha value is -2.42. The van der Waals surface area contributed by atoms with Gasteiger partial charge in [0.15, 0.2) is 5.78 Å². The molecule has 0 aliphatic carbocycles. The van der Waals surface area contributed by atoms with Crippen LogP contribution in [0.15, 0.2) is 51.9 Å². The van der Waals surface area contributed by atoms with Crippen molar-refractivity contribution in [2.24, 2.45) is 0 Å². The average Bonchev–Trinajstić information content (AvgIpc) is 2.42. The number of allylic oxidation sites excluding steroid dienone is 1. The molecule has 1 aromatic carbocycles. The van der Waals surface area contributed by atoms with Crippen LogP contribution in [0.4, 0.5) is 0 Å². The molecule has 1 aromatic heterocycles. The third-order valence-corrected chi connectivity index (χ3v) is 2.99. The molecule has 0 amide bonds. The van der Waals surface area contributed by atoms with Gasteiger partial charge in [-0.15, -0.1) is 0 Å². The van der Waals surface area contributed by atoms with Gasteiger partial charge in [0.1, 0.15) is 5.56 Å². The second kappa shape index (κ2) is 5.48. The fourth-order valence-electron chi connectivity index (χ4n) is 1.74. The molecule has 0 saturated carbocycles. The molecule has 0 aliphatic rings. The van der Waals surface area contributed by atoms with Gasteiger partial charge < -0.3 is 4.42 Å². The van der Waals surface area contributed by atoms with Gasteiger partial charge in [-0.3, -0.25) is 4.79 Å². The molecule has 0 radical (unpaired) electrons. The monoisotopic (exact) mass is 254 g/mol. The zero-order valence-corrected chi connectivity index (χ0v) is 10.8. The van der Waals surface area contributed by atoms with E-state index in [-0.39, 0.29) is 11.3 Å². The van der Waals surface area contributed by atoms with Crippen LogP contribution in [-0.2, 0) is 0 Å². The molecular weight excluding hydrogens is 240 g/mol. The summed E-state index contributed by atoms with van der Waals surface area (Å²) in [4.78, 5) is 23.7. The van der Waals surface area contributed by atoms with Gasteiger partial charge in [0.05, 0.1) is 6.26 Å². The van der Waals surface area contributed by atoms with E-state index in [9.17, 15) is 9.59 Å². The predicted molar refractivity (Wildman–Crippen MR) is 74.3 cm³/mol. The van der Waals surface area contributed by atoms with Crippen molar-refractivity contribution in [3.05, 3.63) is 75.3 Å². The molecule has 0 bridgehead atoms. The van der Waals surface area contributed by atoms with Gasteiger partial charge in [0.25, 0.3) is 0 Å². The summed E-state index contributed by atoms with van der Waals surface area (Å²) in [6, 6.07) is 9.44. The molecule has 0 spiro atoms. The van der Waals surface area contributed by atoms with E-state index in [1.807, 2.05) is 30.3 Å². The highest BCUT2D eigenvalue weighted by Gasteiger charge is 2.14. The molecule has 19 heavy (non-hydrogen) atoms. The number of benzene rings is 1. The van der Waals surface area contributed by atoms with Crippen molar-refractivity contribution in [1.82, 2.24) is 0 Å². The topological polar surface area (TPSA) is 47.3 Å². The Morgan fingerprint density at radius 1 is 1.16 bits per heavy atom. The van der Waals surface area contributed by atoms with Crippen LogP contribution < -0.4 is 5.63 Å². The summed E-state index contributed by atoms with van der Waals surface area (Å²) < 4.78 is 4.83. The fraction of sp³-hybridized carbons (Fsp3) is 0.125.